The molecule has 0 saturated heterocycles. The lowest BCUT2D eigenvalue weighted by Gasteiger charge is -1.92. The molecule has 0 aromatic carbocycles. The molecule has 0 amide bonds. The predicted molar refractivity (Wildman–Crippen MR) is 40.0 cm³/mol. The van der Waals surface area contributed by atoms with Gasteiger partial charge in [-0.2, -0.15) is 0 Å². The largest absolute Gasteiger partial charge is 0.332 e. The van der Waals surface area contributed by atoms with Gasteiger partial charge in [0.05, 0.1) is 0 Å². The van der Waals surface area contributed by atoms with Crippen LogP contribution in [0.4, 0.5) is 0 Å². The van der Waals surface area contributed by atoms with E-state index in [0.717, 1.165) is 6.42 Å². The van der Waals surface area contributed by atoms with E-state index in [1.54, 1.807) is 0 Å². The topological polar surface area (TPSA) is 38.7 Å². The van der Waals surface area contributed by atoms with Crippen LogP contribution in [0.3, 0.4) is 0 Å². The second-order valence-corrected chi connectivity index (χ2v) is 2.24. The predicted octanol–water partition coefficient (Wildman–Crippen LogP) is 1.90. The SMILES string of the molecule is CCCC(Cl)=NOC(C)=O. The quantitative estimate of drug-likeness (QED) is 0.362. The van der Waals surface area contributed by atoms with E-state index in [9.17, 15) is 4.79 Å². The van der Waals surface area contributed by atoms with Gasteiger partial charge < -0.3 is 4.84 Å². The minimum Gasteiger partial charge on any atom is -0.317 e. The molecular weight excluding hydrogens is 154 g/mol. The zero-order valence-electron chi connectivity index (χ0n) is 6.06. The second-order valence-electron chi connectivity index (χ2n) is 1.80. The van der Waals surface area contributed by atoms with Crippen molar-refractivity contribution >= 4 is 22.7 Å². The Morgan fingerprint density at radius 1 is 1.70 bits per heavy atom. The zero-order valence-corrected chi connectivity index (χ0v) is 6.81. The monoisotopic (exact) mass is 163 g/mol. The molecule has 4 heteroatoms. The third-order valence-electron chi connectivity index (χ3n) is 0.730. The standard InChI is InChI=1S/C6H10ClNO2/c1-3-4-6(7)8-10-5(2)9/h3-4H2,1-2H3. The normalized spacial score (nSPS) is 11.3. The molecule has 0 heterocycles. The Morgan fingerprint density at radius 2 is 2.30 bits per heavy atom. The smallest absolute Gasteiger partial charge is 0.317 e. The number of halogens is 1. The van der Waals surface area contributed by atoms with Gasteiger partial charge in [0.25, 0.3) is 0 Å². The van der Waals surface area contributed by atoms with Crippen LogP contribution in [0.25, 0.3) is 0 Å². The summed E-state index contributed by atoms with van der Waals surface area (Å²) >= 11 is 5.50. The Hall–Kier alpha value is -0.570. The van der Waals surface area contributed by atoms with Crippen molar-refractivity contribution in [3.05, 3.63) is 0 Å². The molecule has 0 aromatic heterocycles. The summed E-state index contributed by atoms with van der Waals surface area (Å²) in [5, 5.41) is 3.68. The van der Waals surface area contributed by atoms with E-state index >= 15 is 0 Å². The summed E-state index contributed by atoms with van der Waals surface area (Å²) in [6, 6.07) is 0. The Morgan fingerprint density at radius 3 is 2.70 bits per heavy atom. The lowest BCUT2D eigenvalue weighted by Crippen LogP contribution is -1.94. The highest BCUT2D eigenvalue weighted by Gasteiger charge is 1.93. The minimum atomic E-state index is -0.450. The van der Waals surface area contributed by atoms with Crippen LogP contribution in [-0.4, -0.2) is 11.1 Å². The number of hydrogen-bond donors (Lipinski definition) is 0. The van der Waals surface area contributed by atoms with E-state index in [-0.39, 0.29) is 0 Å². The molecule has 0 fully saturated rings. The minimum absolute atomic E-state index is 0.331. The third kappa shape index (κ3) is 5.56. The van der Waals surface area contributed by atoms with Gasteiger partial charge in [-0.3, -0.25) is 0 Å². The molecule has 0 unspecified atom stereocenters. The summed E-state index contributed by atoms with van der Waals surface area (Å²) in [7, 11) is 0. The Kier molecular flexibility index (Phi) is 4.94. The highest BCUT2D eigenvalue weighted by atomic mass is 35.5. The van der Waals surface area contributed by atoms with Crippen LogP contribution >= 0.6 is 11.6 Å². The first kappa shape index (κ1) is 9.43. The fourth-order valence-electron chi connectivity index (χ4n) is 0.366. The molecule has 0 aromatic rings. The maximum atomic E-state index is 10.2. The zero-order chi connectivity index (χ0) is 7.98. The van der Waals surface area contributed by atoms with Gasteiger partial charge in [0.1, 0.15) is 5.17 Å². The third-order valence-corrected chi connectivity index (χ3v) is 0.988. The molecule has 0 aliphatic heterocycles. The van der Waals surface area contributed by atoms with Gasteiger partial charge in [0.15, 0.2) is 0 Å². The summed E-state index contributed by atoms with van der Waals surface area (Å²) in [6.45, 7) is 3.24. The van der Waals surface area contributed by atoms with Crippen molar-refractivity contribution in [3.63, 3.8) is 0 Å². The van der Waals surface area contributed by atoms with Crippen LogP contribution in [0.15, 0.2) is 5.16 Å². The summed E-state index contributed by atoms with van der Waals surface area (Å²) < 4.78 is 0. The second kappa shape index (κ2) is 5.23. The number of carbonyl (C=O) groups excluding carboxylic acids is 1. The molecule has 10 heavy (non-hydrogen) atoms. The molecule has 0 bridgehead atoms. The first-order valence-electron chi connectivity index (χ1n) is 3.06. The van der Waals surface area contributed by atoms with E-state index in [0.29, 0.717) is 11.6 Å². The Labute approximate surface area is 65.0 Å². The van der Waals surface area contributed by atoms with E-state index in [2.05, 4.69) is 9.99 Å². The van der Waals surface area contributed by atoms with Gasteiger partial charge in [-0.1, -0.05) is 23.7 Å². The van der Waals surface area contributed by atoms with Crippen molar-refractivity contribution in [1.82, 2.24) is 0 Å². The highest BCUT2D eigenvalue weighted by molar-refractivity contribution is 6.65. The molecular formula is C6H10ClNO2. The van der Waals surface area contributed by atoms with Crippen molar-refractivity contribution in [2.24, 2.45) is 5.16 Å². The van der Waals surface area contributed by atoms with Gasteiger partial charge in [-0.05, 0) is 6.42 Å². The number of carbonyl (C=O) groups is 1. The van der Waals surface area contributed by atoms with Gasteiger partial charge in [-0.15, -0.1) is 0 Å². The number of rotatable bonds is 3. The van der Waals surface area contributed by atoms with E-state index in [1.165, 1.54) is 6.92 Å². The maximum Gasteiger partial charge on any atom is 0.332 e. The molecule has 0 rings (SSSR count). The van der Waals surface area contributed by atoms with Crippen LogP contribution in [0.5, 0.6) is 0 Å². The molecule has 0 radical (unpaired) electrons. The first-order valence-corrected chi connectivity index (χ1v) is 3.44. The number of oxime groups is 1. The summed E-state index contributed by atoms with van der Waals surface area (Å²) in [5.41, 5.74) is 0. The summed E-state index contributed by atoms with van der Waals surface area (Å²) in [6.07, 6.45) is 1.54. The summed E-state index contributed by atoms with van der Waals surface area (Å²) in [5.74, 6) is -0.450. The highest BCUT2D eigenvalue weighted by Crippen LogP contribution is 1.97. The number of hydrogen-bond acceptors (Lipinski definition) is 3. The fourth-order valence-corrected chi connectivity index (χ4v) is 0.589. The molecule has 0 spiro atoms. The number of nitrogens with zero attached hydrogens (tertiary/aromatic N) is 1. The van der Waals surface area contributed by atoms with E-state index < -0.39 is 5.97 Å². The first-order chi connectivity index (χ1) is 4.66. The van der Waals surface area contributed by atoms with Crippen molar-refractivity contribution in [2.45, 2.75) is 26.7 Å². The average Bonchev–Trinajstić information content (AvgIpc) is 1.85. The van der Waals surface area contributed by atoms with Crippen molar-refractivity contribution < 1.29 is 9.63 Å². The molecule has 0 atom stereocenters. The summed E-state index contributed by atoms with van der Waals surface area (Å²) in [4.78, 5) is 14.4. The van der Waals surface area contributed by atoms with Gasteiger partial charge >= 0.3 is 5.97 Å². The van der Waals surface area contributed by atoms with Crippen LogP contribution in [-0.2, 0) is 9.63 Å². The molecule has 58 valence electrons. The lowest BCUT2D eigenvalue weighted by atomic mass is 10.4. The molecule has 3 nitrogen and oxygen atoms in total. The van der Waals surface area contributed by atoms with E-state index in [1.807, 2.05) is 6.92 Å². The van der Waals surface area contributed by atoms with Crippen LogP contribution in [0.1, 0.15) is 26.7 Å². The lowest BCUT2D eigenvalue weighted by molar-refractivity contribution is -0.140. The van der Waals surface area contributed by atoms with Gasteiger partial charge in [-0.25, -0.2) is 4.79 Å². The van der Waals surface area contributed by atoms with Crippen LogP contribution < -0.4 is 0 Å². The molecule has 0 aliphatic carbocycles. The molecule has 0 aliphatic rings. The van der Waals surface area contributed by atoms with Gasteiger partial charge in [0, 0.05) is 13.3 Å². The molecule has 0 N–H and O–H groups in total. The van der Waals surface area contributed by atoms with Gasteiger partial charge in [0.2, 0.25) is 0 Å². The maximum absolute atomic E-state index is 10.2. The van der Waals surface area contributed by atoms with Crippen molar-refractivity contribution in [3.8, 4) is 0 Å². The average molecular weight is 164 g/mol. The van der Waals surface area contributed by atoms with Crippen LogP contribution in [0.2, 0.25) is 0 Å². The van der Waals surface area contributed by atoms with Crippen LogP contribution in [0, 0.1) is 0 Å². The molecule has 0 saturated carbocycles. The fraction of sp³-hybridized carbons (Fsp3) is 0.667. The van der Waals surface area contributed by atoms with Crippen molar-refractivity contribution in [1.29, 1.82) is 0 Å². The Balaban J connectivity index is 3.57. The van der Waals surface area contributed by atoms with E-state index in [4.69, 9.17) is 11.6 Å². The van der Waals surface area contributed by atoms with Crippen molar-refractivity contribution in [2.75, 3.05) is 0 Å². The Bertz CT molecular complexity index is 145.